The molecule has 102 valence electrons. The molecule has 0 spiro atoms. The van der Waals surface area contributed by atoms with Crippen molar-refractivity contribution in [3.8, 4) is 0 Å². The summed E-state index contributed by atoms with van der Waals surface area (Å²) in [5.41, 5.74) is -1.04. The molecule has 0 saturated carbocycles. The van der Waals surface area contributed by atoms with Crippen LogP contribution in [0.2, 0.25) is 0 Å². The van der Waals surface area contributed by atoms with E-state index in [1.165, 1.54) is 0 Å². The Bertz CT molecular complexity index is 363. The van der Waals surface area contributed by atoms with E-state index in [0.717, 1.165) is 6.42 Å². The third-order valence-corrected chi connectivity index (χ3v) is 4.25. The van der Waals surface area contributed by atoms with Gasteiger partial charge < -0.3 is 15.0 Å². The summed E-state index contributed by atoms with van der Waals surface area (Å²) in [6.07, 6.45) is 1.81. The molecule has 2 aliphatic heterocycles. The molecule has 0 aromatic rings. The molecular formula is C13H22N2O3. The summed E-state index contributed by atoms with van der Waals surface area (Å²) in [7, 11) is 0. The zero-order valence-electron chi connectivity index (χ0n) is 11.4. The van der Waals surface area contributed by atoms with Crippen LogP contribution in [-0.2, 0) is 14.3 Å². The summed E-state index contributed by atoms with van der Waals surface area (Å²) in [5.74, 6) is -0.0263. The molecule has 0 aliphatic carbocycles. The highest BCUT2D eigenvalue weighted by molar-refractivity contribution is 5.93. The van der Waals surface area contributed by atoms with E-state index in [4.69, 9.17) is 4.74 Å². The molecule has 5 nitrogen and oxygen atoms in total. The number of hydrogen-bond acceptors (Lipinski definition) is 3. The maximum Gasteiger partial charge on any atom is 0.248 e. The van der Waals surface area contributed by atoms with Crippen molar-refractivity contribution in [1.82, 2.24) is 10.2 Å². The minimum atomic E-state index is -0.779. The van der Waals surface area contributed by atoms with Crippen LogP contribution in [0.15, 0.2) is 0 Å². The van der Waals surface area contributed by atoms with Crippen molar-refractivity contribution >= 4 is 11.8 Å². The van der Waals surface area contributed by atoms with Crippen molar-refractivity contribution < 1.29 is 14.3 Å². The lowest BCUT2D eigenvalue weighted by Crippen LogP contribution is -2.60. The second-order valence-electron chi connectivity index (χ2n) is 5.74. The lowest BCUT2D eigenvalue weighted by atomic mass is 9.92. The van der Waals surface area contributed by atoms with Gasteiger partial charge in [0.15, 0.2) is 0 Å². The Labute approximate surface area is 108 Å². The third-order valence-electron chi connectivity index (χ3n) is 4.25. The van der Waals surface area contributed by atoms with Crippen molar-refractivity contribution in [1.29, 1.82) is 0 Å². The van der Waals surface area contributed by atoms with Gasteiger partial charge in [0.25, 0.3) is 0 Å². The number of amides is 2. The van der Waals surface area contributed by atoms with Gasteiger partial charge in [0.1, 0.15) is 5.54 Å². The molecule has 0 aromatic carbocycles. The van der Waals surface area contributed by atoms with Gasteiger partial charge in [-0.15, -0.1) is 0 Å². The van der Waals surface area contributed by atoms with E-state index in [-0.39, 0.29) is 17.4 Å². The monoisotopic (exact) mass is 254 g/mol. The average molecular weight is 254 g/mol. The number of carbonyl (C=O) groups is 2. The number of nitrogens with one attached hydrogen (secondary N) is 1. The summed E-state index contributed by atoms with van der Waals surface area (Å²) in [4.78, 5) is 26.3. The predicted molar refractivity (Wildman–Crippen MR) is 67.0 cm³/mol. The summed E-state index contributed by atoms with van der Waals surface area (Å²) >= 11 is 0. The molecule has 2 atom stereocenters. The zero-order chi connectivity index (χ0) is 13.4. The van der Waals surface area contributed by atoms with Crippen LogP contribution in [0.1, 0.15) is 40.0 Å². The summed E-state index contributed by atoms with van der Waals surface area (Å²) < 4.78 is 5.43. The van der Waals surface area contributed by atoms with Crippen LogP contribution >= 0.6 is 0 Å². The quantitative estimate of drug-likeness (QED) is 0.788. The Morgan fingerprint density at radius 2 is 2.11 bits per heavy atom. The van der Waals surface area contributed by atoms with E-state index < -0.39 is 5.54 Å². The smallest absolute Gasteiger partial charge is 0.248 e. The topological polar surface area (TPSA) is 58.6 Å². The standard InChI is InChI=1S/C13H22N2O3/c1-4-13(3)11(17)15(7-5-10(16)14-13)12(2)6-8-18-9-12/h4-9H2,1-3H3,(H,14,16). The number of rotatable bonds is 2. The van der Waals surface area contributed by atoms with Gasteiger partial charge >= 0.3 is 0 Å². The lowest BCUT2D eigenvalue weighted by Gasteiger charge is -2.40. The van der Waals surface area contributed by atoms with Gasteiger partial charge in [-0.1, -0.05) is 6.92 Å². The fraction of sp³-hybridized carbons (Fsp3) is 0.846. The van der Waals surface area contributed by atoms with Crippen LogP contribution in [0.25, 0.3) is 0 Å². The largest absolute Gasteiger partial charge is 0.379 e. The maximum atomic E-state index is 12.7. The Kier molecular flexibility index (Phi) is 3.36. The van der Waals surface area contributed by atoms with Gasteiger partial charge in [-0.3, -0.25) is 9.59 Å². The first-order valence-electron chi connectivity index (χ1n) is 6.62. The van der Waals surface area contributed by atoms with Gasteiger partial charge in [0.05, 0.1) is 12.1 Å². The van der Waals surface area contributed by atoms with Crippen molar-refractivity contribution in [3.63, 3.8) is 0 Å². The van der Waals surface area contributed by atoms with Crippen LogP contribution < -0.4 is 5.32 Å². The molecule has 0 aromatic heterocycles. The number of hydrogen-bond donors (Lipinski definition) is 1. The molecule has 2 rings (SSSR count). The molecule has 0 bridgehead atoms. The highest BCUT2D eigenvalue weighted by atomic mass is 16.5. The fourth-order valence-corrected chi connectivity index (χ4v) is 2.66. The lowest BCUT2D eigenvalue weighted by molar-refractivity contribution is -0.143. The second-order valence-corrected chi connectivity index (χ2v) is 5.74. The van der Waals surface area contributed by atoms with Gasteiger partial charge in [0.2, 0.25) is 11.8 Å². The van der Waals surface area contributed by atoms with Crippen LogP contribution in [0.3, 0.4) is 0 Å². The first kappa shape index (κ1) is 13.3. The highest BCUT2D eigenvalue weighted by Crippen LogP contribution is 2.30. The molecule has 2 saturated heterocycles. The third kappa shape index (κ3) is 2.11. The van der Waals surface area contributed by atoms with Crippen LogP contribution in [-0.4, -0.2) is 47.6 Å². The molecule has 0 radical (unpaired) electrons. The van der Waals surface area contributed by atoms with Crippen LogP contribution in [0, 0.1) is 0 Å². The summed E-state index contributed by atoms with van der Waals surface area (Å²) in [5, 5.41) is 2.85. The van der Waals surface area contributed by atoms with E-state index in [1.807, 2.05) is 25.7 Å². The SMILES string of the molecule is CCC1(C)NC(=O)CCN(C2(C)CCOC2)C1=O. The Hall–Kier alpha value is -1.10. The molecule has 1 N–H and O–H groups in total. The van der Waals surface area contributed by atoms with E-state index in [1.54, 1.807) is 0 Å². The average Bonchev–Trinajstić information content (AvgIpc) is 2.71. The molecule has 18 heavy (non-hydrogen) atoms. The van der Waals surface area contributed by atoms with Gasteiger partial charge in [-0.25, -0.2) is 0 Å². The van der Waals surface area contributed by atoms with Crippen LogP contribution in [0.4, 0.5) is 0 Å². The van der Waals surface area contributed by atoms with E-state index >= 15 is 0 Å². The molecular weight excluding hydrogens is 232 g/mol. The number of ether oxygens (including phenoxy) is 1. The van der Waals surface area contributed by atoms with E-state index in [9.17, 15) is 9.59 Å². The minimum absolute atomic E-state index is 0.0175. The Morgan fingerprint density at radius 1 is 1.39 bits per heavy atom. The minimum Gasteiger partial charge on any atom is -0.379 e. The molecule has 2 unspecified atom stereocenters. The number of nitrogens with zero attached hydrogens (tertiary/aromatic N) is 1. The second kappa shape index (κ2) is 4.53. The van der Waals surface area contributed by atoms with Crippen molar-refractivity contribution in [2.75, 3.05) is 19.8 Å². The van der Waals surface area contributed by atoms with Crippen molar-refractivity contribution in [3.05, 3.63) is 0 Å². The van der Waals surface area contributed by atoms with E-state index in [2.05, 4.69) is 5.32 Å². The maximum absolute atomic E-state index is 12.7. The highest BCUT2D eigenvalue weighted by Gasteiger charge is 2.47. The predicted octanol–water partition coefficient (Wildman–Crippen LogP) is 0.683. The molecule has 5 heteroatoms. The summed E-state index contributed by atoms with van der Waals surface area (Å²) in [6, 6.07) is 0. The first-order chi connectivity index (χ1) is 8.41. The molecule has 2 aliphatic rings. The van der Waals surface area contributed by atoms with Crippen LogP contribution in [0.5, 0.6) is 0 Å². The Balaban J connectivity index is 2.29. The summed E-state index contributed by atoms with van der Waals surface area (Å²) in [6.45, 7) is 7.51. The normalized spacial score (nSPS) is 37.6. The molecule has 2 amide bonds. The zero-order valence-corrected chi connectivity index (χ0v) is 11.4. The first-order valence-corrected chi connectivity index (χ1v) is 6.62. The fourth-order valence-electron chi connectivity index (χ4n) is 2.66. The molecule has 2 heterocycles. The van der Waals surface area contributed by atoms with Gasteiger partial charge in [0, 0.05) is 19.6 Å². The van der Waals surface area contributed by atoms with E-state index in [0.29, 0.717) is 32.6 Å². The van der Waals surface area contributed by atoms with Crippen molar-refractivity contribution in [2.24, 2.45) is 0 Å². The van der Waals surface area contributed by atoms with Crippen molar-refractivity contribution in [2.45, 2.75) is 51.1 Å². The van der Waals surface area contributed by atoms with Gasteiger partial charge in [-0.2, -0.15) is 0 Å². The number of carbonyl (C=O) groups excluding carboxylic acids is 2. The molecule has 2 fully saturated rings. The Morgan fingerprint density at radius 3 is 2.67 bits per heavy atom. The van der Waals surface area contributed by atoms with Gasteiger partial charge in [-0.05, 0) is 26.7 Å².